The molecule has 0 aromatic heterocycles. The number of thioether (sulfide) groups is 1. The first-order chi connectivity index (χ1) is 7.43. The van der Waals surface area contributed by atoms with Crippen LogP contribution in [0.4, 0.5) is 0 Å². The van der Waals surface area contributed by atoms with Gasteiger partial charge in [0, 0.05) is 23.5 Å². The van der Waals surface area contributed by atoms with Crippen molar-refractivity contribution in [2.75, 3.05) is 18.6 Å². The molecule has 0 aliphatic rings. The zero-order chi connectivity index (χ0) is 12.2. The molecule has 0 aliphatic heterocycles. The van der Waals surface area contributed by atoms with Crippen molar-refractivity contribution in [1.29, 1.82) is 0 Å². The molecule has 0 radical (unpaired) electrons. The second-order valence-electron chi connectivity index (χ2n) is 3.84. The largest absolute Gasteiger partial charge is 0.396 e. The van der Waals surface area contributed by atoms with Crippen LogP contribution in [0.3, 0.4) is 0 Å². The summed E-state index contributed by atoms with van der Waals surface area (Å²) >= 11 is 1.62. The molecular weight excluding hydrogens is 244 g/mol. The predicted octanol–water partition coefficient (Wildman–Crippen LogP) is 1.81. The molecule has 16 heavy (non-hydrogen) atoms. The van der Waals surface area contributed by atoms with Crippen LogP contribution in [0.5, 0.6) is 0 Å². The Morgan fingerprint density at radius 3 is 2.31 bits per heavy atom. The lowest BCUT2D eigenvalue weighted by Crippen LogP contribution is -2.03. The predicted molar refractivity (Wildman–Crippen MR) is 66.5 cm³/mol. The van der Waals surface area contributed by atoms with Crippen molar-refractivity contribution in [2.45, 2.75) is 16.7 Å². The standard InChI is InChI=1S/C11H16O3S2/c1-9(7-12)8-15-10-3-5-11(6-4-10)16(2,13)14/h3-6,9,12H,7-8H2,1-2H3. The van der Waals surface area contributed by atoms with Crippen LogP contribution in [0.25, 0.3) is 0 Å². The molecule has 0 heterocycles. The van der Waals surface area contributed by atoms with Crippen molar-refractivity contribution in [2.24, 2.45) is 5.92 Å². The fraction of sp³-hybridized carbons (Fsp3) is 0.455. The van der Waals surface area contributed by atoms with Gasteiger partial charge in [-0.1, -0.05) is 6.92 Å². The molecule has 0 saturated heterocycles. The lowest BCUT2D eigenvalue weighted by molar-refractivity contribution is 0.250. The molecule has 1 aromatic carbocycles. The van der Waals surface area contributed by atoms with Gasteiger partial charge in [0.05, 0.1) is 4.90 Å². The Labute approximate surface area is 101 Å². The minimum Gasteiger partial charge on any atom is -0.396 e. The van der Waals surface area contributed by atoms with E-state index < -0.39 is 9.84 Å². The number of aliphatic hydroxyl groups is 1. The SMILES string of the molecule is CC(CO)CSc1ccc(S(C)(=O)=O)cc1. The van der Waals surface area contributed by atoms with Gasteiger partial charge in [0.25, 0.3) is 0 Å². The minimum atomic E-state index is -3.10. The van der Waals surface area contributed by atoms with Gasteiger partial charge in [-0.15, -0.1) is 11.8 Å². The molecule has 1 unspecified atom stereocenters. The van der Waals surface area contributed by atoms with Crippen LogP contribution in [0.2, 0.25) is 0 Å². The average Bonchev–Trinajstić information content (AvgIpc) is 2.25. The third-order valence-electron chi connectivity index (χ3n) is 2.10. The van der Waals surface area contributed by atoms with E-state index in [4.69, 9.17) is 5.11 Å². The Bertz CT molecular complexity index is 423. The first-order valence-corrected chi connectivity index (χ1v) is 7.85. The van der Waals surface area contributed by atoms with Crippen molar-refractivity contribution >= 4 is 21.6 Å². The van der Waals surface area contributed by atoms with Crippen molar-refractivity contribution in [3.63, 3.8) is 0 Å². The normalized spacial score (nSPS) is 13.7. The number of hydrogen-bond donors (Lipinski definition) is 1. The summed E-state index contributed by atoms with van der Waals surface area (Å²) in [7, 11) is -3.10. The Balaban J connectivity index is 2.66. The number of sulfone groups is 1. The van der Waals surface area contributed by atoms with E-state index in [-0.39, 0.29) is 12.5 Å². The maximum Gasteiger partial charge on any atom is 0.175 e. The van der Waals surface area contributed by atoms with Crippen LogP contribution in [-0.4, -0.2) is 32.1 Å². The van der Waals surface area contributed by atoms with Gasteiger partial charge in [-0.05, 0) is 30.2 Å². The summed E-state index contributed by atoms with van der Waals surface area (Å²) in [6, 6.07) is 6.82. The third-order valence-corrected chi connectivity index (χ3v) is 4.57. The third kappa shape index (κ3) is 4.15. The summed E-state index contributed by atoms with van der Waals surface area (Å²) in [5.41, 5.74) is 0. The fourth-order valence-electron chi connectivity index (χ4n) is 1.07. The molecule has 90 valence electrons. The molecule has 1 aromatic rings. The van der Waals surface area contributed by atoms with Crippen molar-refractivity contribution in [3.05, 3.63) is 24.3 Å². The van der Waals surface area contributed by atoms with Gasteiger partial charge in [0.2, 0.25) is 0 Å². The van der Waals surface area contributed by atoms with E-state index in [1.165, 1.54) is 6.26 Å². The molecular formula is C11H16O3S2. The van der Waals surface area contributed by atoms with E-state index in [1.54, 1.807) is 36.0 Å². The highest BCUT2D eigenvalue weighted by Crippen LogP contribution is 2.22. The van der Waals surface area contributed by atoms with Crippen molar-refractivity contribution in [1.82, 2.24) is 0 Å². The first-order valence-electron chi connectivity index (χ1n) is 4.97. The highest BCUT2D eigenvalue weighted by atomic mass is 32.2. The van der Waals surface area contributed by atoms with Gasteiger partial charge in [0.15, 0.2) is 9.84 Å². The lowest BCUT2D eigenvalue weighted by Gasteiger charge is -2.07. The smallest absolute Gasteiger partial charge is 0.175 e. The Morgan fingerprint density at radius 1 is 1.31 bits per heavy atom. The fourth-order valence-corrected chi connectivity index (χ4v) is 2.62. The maximum atomic E-state index is 11.2. The molecule has 0 fully saturated rings. The Hall–Kier alpha value is -0.520. The van der Waals surface area contributed by atoms with E-state index in [2.05, 4.69) is 0 Å². The highest BCUT2D eigenvalue weighted by molar-refractivity contribution is 7.99. The van der Waals surface area contributed by atoms with Crippen LogP contribution < -0.4 is 0 Å². The van der Waals surface area contributed by atoms with Crippen molar-refractivity contribution < 1.29 is 13.5 Å². The number of aliphatic hydroxyl groups excluding tert-OH is 1. The summed E-state index contributed by atoms with van der Waals surface area (Å²) in [5.74, 6) is 1.08. The van der Waals surface area contributed by atoms with E-state index in [0.717, 1.165) is 10.6 Å². The molecule has 0 amide bonds. The number of hydrogen-bond acceptors (Lipinski definition) is 4. The minimum absolute atomic E-state index is 0.175. The van der Waals surface area contributed by atoms with E-state index in [1.807, 2.05) is 6.92 Å². The Kier molecular flexibility index (Phi) is 4.83. The molecule has 5 heteroatoms. The van der Waals surface area contributed by atoms with Crippen LogP contribution >= 0.6 is 11.8 Å². The van der Waals surface area contributed by atoms with E-state index >= 15 is 0 Å². The number of benzene rings is 1. The Morgan fingerprint density at radius 2 is 1.88 bits per heavy atom. The zero-order valence-corrected chi connectivity index (χ0v) is 11.0. The van der Waals surface area contributed by atoms with Crippen LogP contribution in [0, 0.1) is 5.92 Å². The van der Waals surface area contributed by atoms with Gasteiger partial charge in [0.1, 0.15) is 0 Å². The van der Waals surface area contributed by atoms with Gasteiger partial charge >= 0.3 is 0 Å². The lowest BCUT2D eigenvalue weighted by atomic mass is 10.2. The second kappa shape index (κ2) is 5.70. The second-order valence-corrected chi connectivity index (χ2v) is 6.95. The monoisotopic (exact) mass is 260 g/mol. The van der Waals surface area contributed by atoms with Crippen LogP contribution in [0.1, 0.15) is 6.92 Å². The van der Waals surface area contributed by atoms with Gasteiger partial charge in [-0.25, -0.2) is 8.42 Å². The summed E-state index contributed by atoms with van der Waals surface area (Å²) < 4.78 is 22.4. The molecule has 0 spiro atoms. The molecule has 3 nitrogen and oxygen atoms in total. The van der Waals surface area contributed by atoms with Crippen LogP contribution in [-0.2, 0) is 9.84 Å². The molecule has 1 atom stereocenters. The van der Waals surface area contributed by atoms with Gasteiger partial charge in [-0.2, -0.15) is 0 Å². The molecule has 1 N–H and O–H groups in total. The highest BCUT2D eigenvalue weighted by Gasteiger charge is 2.07. The first kappa shape index (κ1) is 13.5. The van der Waals surface area contributed by atoms with E-state index in [0.29, 0.717) is 4.90 Å². The summed E-state index contributed by atoms with van der Waals surface area (Å²) in [5, 5.41) is 8.87. The average molecular weight is 260 g/mol. The topological polar surface area (TPSA) is 54.4 Å². The van der Waals surface area contributed by atoms with Crippen molar-refractivity contribution in [3.8, 4) is 0 Å². The molecule has 0 saturated carbocycles. The van der Waals surface area contributed by atoms with E-state index in [9.17, 15) is 8.42 Å². The summed E-state index contributed by atoms with van der Waals surface area (Å²) in [6.07, 6.45) is 1.20. The number of rotatable bonds is 5. The maximum absolute atomic E-state index is 11.2. The van der Waals surface area contributed by atoms with Gasteiger partial charge < -0.3 is 5.11 Å². The quantitative estimate of drug-likeness (QED) is 0.820. The molecule has 0 bridgehead atoms. The van der Waals surface area contributed by atoms with Gasteiger partial charge in [-0.3, -0.25) is 0 Å². The molecule has 0 aliphatic carbocycles. The van der Waals surface area contributed by atoms with Crippen LogP contribution in [0.15, 0.2) is 34.1 Å². The summed E-state index contributed by atoms with van der Waals surface area (Å²) in [6.45, 7) is 2.15. The zero-order valence-electron chi connectivity index (χ0n) is 9.38. The molecule has 1 rings (SSSR count). The summed E-state index contributed by atoms with van der Waals surface area (Å²) in [4.78, 5) is 1.36.